The van der Waals surface area contributed by atoms with Gasteiger partial charge < -0.3 is 5.32 Å². The summed E-state index contributed by atoms with van der Waals surface area (Å²) in [6, 6.07) is 22.3. The number of nitrogens with one attached hydrogen (secondary N) is 1. The standard InChI is InChI=1S/C24H18N4O2/c29-28(30)20-9-10-22(27-15-20)26-12-11-25-14-19-13-18-5-1-3-16-7-8-17-4-2-6-21(19)24(17)23(16)18/h1-10,13-15H,11-12H2,(H,26,27). The van der Waals surface area contributed by atoms with Gasteiger partial charge in [0.2, 0.25) is 0 Å². The van der Waals surface area contributed by atoms with Crippen LogP contribution in [0.25, 0.3) is 32.3 Å². The molecule has 6 nitrogen and oxygen atoms in total. The molecular weight excluding hydrogens is 376 g/mol. The highest BCUT2D eigenvalue weighted by molar-refractivity contribution is 6.26. The van der Waals surface area contributed by atoms with Crippen molar-refractivity contribution in [3.8, 4) is 0 Å². The van der Waals surface area contributed by atoms with Crippen molar-refractivity contribution in [1.29, 1.82) is 0 Å². The average Bonchev–Trinajstić information content (AvgIpc) is 2.78. The van der Waals surface area contributed by atoms with Gasteiger partial charge in [0.25, 0.3) is 5.69 Å². The number of hydrogen-bond acceptors (Lipinski definition) is 5. The number of aliphatic imine (C=N–C) groups is 1. The lowest BCUT2D eigenvalue weighted by Crippen LogP contribution is -2.06. The van der Waals surface area contributed by atoms with E-state index >= 15 is 0 Å². The SMILES string of the molecule is O=[N+]([O-])c1ccc(NCCN=Cc2cc3cccc4ccc5cccc2c5c43)nc1. The fourth-order valence-electron chi connectivity index (χ4n) is 3.91. The highest BCUT2D eigenvalue weighted by atomic mass is 16.6. The number of aromatic nitrogens is 1. The monoisotopic (exact) mass is 394 g/mol. The molecule has 0 saturated heterocycles. The summed E-state index contributed by atoms with van der Waals surface area (Å²) in [4.78, 5) is 18.9. The van der Waals surface area contributed by atoms with Crippen molar-refractivity contribution in [2.45, 2.75) is 0 Å². The van der Waals surface area contributed by atoms with Crippen LogP contribution in [0.5, 0.6) is 0 Å². The summed E-state index contributed by atoms with van der Waals surface area (Å²) < 4.78 is 0. The van der Waals surface area contributed by atoms with Crippen molar-refractivity contribution in [1.82, 2.24) is 4.98 Å². The zero-order valence-electron chi connectivity index (χ0n) is 16.1. The molecule has 1 N–H and O–H groups in total. The van der Waals surface area contributed by atoms with E-state index in [1.54, 1.807) is 6.07 Å². The van der Waals surface area contributed by atoms with E-state index in [0.29, 0.717) is 18.9 Å². The zero-order valence-corrected chi connectivity index (χ0v) is 16.1. The van der Waals surface area contributed by atoms with Crippen LogP contribution in [0.3, 0.4) is 0 Å². The van der Waals surface area contributed by atoms with E-state index < -0.39 is 4.92 Å². The molecule has 0 saturated carbocycles. The van der Waals surface area contributed by atoms with Gasteiger partial charge in [-0.15, -0.1) is 0 Å². The van der Waals surface area contributed by atoms with Crippen LogP contribution >= 0.6 is 0 Å². The molecule has 30 heavy (non-hydrogen) atoms. The molecule has 6 heteroatoms. The molecule has 146 valence electrons. The summed E-state index contributed by atoms with van der Waals surface area (Å²) in [7, 11) is 0. The quantitative estimate of drug-likeness (QED) is 0.137. The number of anilines is 1. The Balaban J connectivity index is 1.37. The van der Waals surface area contributed by atoms with E-state index in [1.165, 1.54) is 44.6 Å². The first-order chi connectivity index (χ1) is 14.7. The van der Waals surface area contributed by atoms with Gasteiger partial charge in [-0.2, -0.15) is 0 Å². The molecule has 0 fully saturated rings. The number of nitrogens with zero attached hydrogens (tertiary/aromatic N) is 3. The molecule has 5 rings (SSSR count). The lowest BCUT2D eigenvalue weighted by Gasteiger charge is -2.12. The molecule has 0 aliphatic carbocycles. The summed E-state index contributed by atoms with van der Waals surface area (Å²) in [5, 5.41) is 21.3. The molecule has 1 aromatic heterocycles. The topological polar surface area (TPSA) is 80.4 Å². The largest absolute Gasteiger partial charge is 0.368 e. The Kier molecular flexibility index (Phi) is 4.44. The van der Waals surface area contributed by atoms with E-state index in [1.807, 2.05) is 6.21 Å². The van der Waals surface area contributed by atoms with Crippen molar-refractivity contribution >= 4 is 50.0 Å². The second-order valence-corrected chi connectivity index (χ2v) is 7.14. The minimum absolute atomic E-state index is 0.0210. The molecule has 0 radical (unpaired) electrons. The highest BCUT2D eigenvalue weighted by Crippen LogP contribution is 2.35. The summed E-state index contributed by atoms with van der Waals surface area (Å²) in [6.07, 6.45) is 3.17. The second kappa shape index (κ2) is 7.40. The van der Waals surface area contributed by atoms with Crippen molar-refractivity contribution in [2.75, 3.05) is 18.4 Å². The molecule has 5 aromatic rings. The van der Waals surface area contributed by atoms with E-state index in [2.05, 4.69) is 69.9 Å². The Morgan fingerprint density at radius 2 is 1.73 bits per heavy atom. The van der Waals surface area contributed by atoms with Crippen molar-refractivity contribution in [3.05, 3.63) is 88.6 Å². The van der Waals surface area contributed by atoms with Gasteiger partial charge in [-0.3, -0.25) is 15.1 Å². The van der Waals surface area contributed by atoms with Crippen LogP contribution in [0.4, 0.5) is 11.5 Å². The molecule has 0 amide bonds. The van der Waals surface area contributed by atoms with Gasteiger partial charge in [-0.25, -0.2) is 4.98 Å². The van der Waals surface area contributed by atoms with E-state index in [9.17, 15) is 10.1 Å². The number of nitro groups is 1. The molecule has 0 aliphatic rings. The normalized spacial score (nSPS) is 11.7. The second-order valence-electron chi connectivity index (χ2n) is 7.14. The zero-order chi connectivity index (χ0) is 20.5. The van der Waals surface area contributed by atoms with E-state index in [0.717, 1.165) is 5.56 Å². The van der Waals surface area contributed by atoms with Crippen LogP contribution in [-0.4, -0.2) is 29.2 Å². The average molecular weight is 394 g/mol. The van der Waals surface area contributed by atoms with Gasteiger partial charge in [-0.1, -0.05) is 48.5 Å². The number of benzene rings is 4. The smallest absolute Gasteiger partial charge is 0.287 e. The van der Waals surface area contributed by atoms with Gasteiger partial charge in [0.1, 0.15) is 12.0 Å². The Bertz CT molecular complexity index is 1390. The summed E-state index contributed by atoms with van der Waals surface area (Å²) in [5.74, 6) is 0.595. The molecular formula is C24H18N4O2. The third-order valence-electron chi connectivity index (χ3n) is 5.28. The highest BCUT2D eigenvalue weighted by Gasteiger charge is 2.10. The fraction of sp³-hybridized carbons (Fsp3) is 0.0833. The Morgan fingerprint density at radius 3 is 2.50 bits per heavy atom. The molecule has 0 unspecified atom stereocenters. The summed E-state index contributed by atoms with van der Waals surface area (Å²) in [5.41, 5.74) is 1.08. The van der Waals surface area contributed by atoms with Crippen LogP contribution in [0.15, 0.2) is 77.9 Å². The van der Waals surface area contributed by atoms with Gasteiger partial charge >= 0.3 is 0 Å². The van der Waals surface area contributed by atoms with Crippen molar-refractivity contribution in [2.24, 2.45) is 4.99 Å². The molecule has 1 heterocycles. The third-order valence-corrected chi connectivity index (χ3v) is 5.28. The maximum atomic E-state index is 10.7. The van der Waals surface area contributed by atoms with E-state index in [4.69, 9.17) is 0 Å². The lowest BCUT2D eigenvalue weighted by atomic mass is 9.92. The van der Waals surface area contributed by atoms with Crippen LogP contribution in [0.2, 0.25) is 0 Å². The number of hydrogen-bond donors (Lipinski definition) is 1. The molecule has 0 aliphatic heterocycles. The molecule has 0 bridgehead atoms. The molecule has 0 atom stereocenters. The Morgan fingerprint density at radius 1 is 0.967 bits per heavy atom. The Hall–Kier alpha value is -4.06. The number of pyridine rings is 1. The first-order valence-corrected chi connectivity index (χ1v) is 9.71. The van der Waals surface area contributed by atoms with Crippen LogP contribution in [0.1, 0.15) is 5.56 Å². The lowest BCUT2D eigenvalue weighted by molar-refractivity contribution is -0.385. The third kappa shape index (κ3) is 3.18. The summed E-state index contributed by atoms with van der Waals surface area (Å²) in [6.45, 7) is 1.16. The minimum Gasteiger partial charge on any atom is -0.368 e. The van der Waals surface area contributed by atoms with Gasteiger partial charge in [0, 0.05) is 24.4 Å². The van der Waals surface area contributed by atoms with Crippen LogP contribution in [0, 0.1) is 10.1 Å². The maximum absolute atomic E-state index is 10.7. The maximum Gasteiger partial charge on any atom is 0.287 e. The van der Waals surface area contributed by atoms with E-state index in [-0.39, 0.29) is 5.69 Å². The van der Waals surface area contributed by atoms with Crippen molar-refractivity contribution in [3.63, 3.8) is 0 Å². The van der Waals surface area contributed by atoms with Crippen molar-refractivity contribution < 1.29 is 4.92 Å². The minimum atomic E-state index is -0.460. The van der Waals surface area contributed by atoms with Gasteiger partial charge in [0.15, 0.2) is 0 Å². The predicted octanol–water partition coefficient (Wildman–Crippen LogP) is 5.42. The van der Waals surface area contributed by atoms with Crippen LogP contribution < -0.4 is 5.32 Å². The molecule has 4 aromatic carbocycles. The fourth-order valence-corrected chi connectivity index (χ4v) is 3.91. The Labute approximate surface area is 172 Å². The first kappa shape index (κ1) is 18.0. The number of rotatable bonds is 6. The predicted molar refractivity (Wildman–Crippen MR) is 122 cm³/mol. The van der Waals surface area contributed by atoms with Gasteiger partial charge in [-0.05, 0) is 44.5 Å². The molecule has 0 spiro atoms. The first-order valence-electron chi connectivity index (χ1n) is 9.71. The summed E-state index contributed by atoms with van der Waals surface area (Å²) >= 11 is 0. The van der Waals surface area contributed by atoms with Gasteiger partial charge in [0.05, 0.1) is 11.5 Å². The van der Waals surface area contributed by atoms with Crippen LogP contribution in [-0.2, 0) is 0 Å².